The summed E-state index contributed by atoms with van der Waals surface area (Å²) in [6, 6.07) is 3.55. The molecule has 18 heavy (non-hydrogen) atoms. The standard InChI is InChI=1S/C11H17N3O.C3H8.2H2/c1-3-5-8(2)14-11(15)9-6-4-7-13-10(9)12;1-3-2;;/h4,6-8H,3,5H2,1-2H3,(H2,12,13)(H,14,15);3H2,1-2H3;2*1H. The van der Waals surface area contributed by atoms with Crippen molar-refractivity contribution in [1.82, 2.24) is 10.3 Å². The molecular weight excluding hydrogens is 226 g/mol. The molecule has 0 bridgehead atoms. The van der Waals surface area contributed by atoms with E-state index >= 15 is 0 Å². The fourth-order valence-electron chi connectivity index (χ4n) is 1.42. The molecule has 1 heterocycles. The van der Waals surface area contributed by atoms with Crippen LogP contribution in [0, 0.1) is 0 Å². The van der Waals surface area contributed by atoms with Crippen molar-refractivity contribution in [2.45, 2.75) is 53.0 Å². The van der Waals surface area contributed by atoms with Gasteiger partial charge in [-0.2, -0.15) is 0 Å². The number of nitrogens with zero attached hydrogens (tertiary/aromatic N) is 1. The van der Waals surface area contributed by atoms with Crippen molar-refractivity contribution in [1.29, 1.82) is 0 Å². The maximum Gasteiger partial charge on any atom is 0.255 e. The van der Waals surface area contributed by atoms with Gasteiger partial charge in [-0.05, 0) is 25.5 Å². The minimum Gasteiger partial charge on any atom is -0.383 e. The van der Waals surface area contributed by atoms with Crippen LogP contribution in [0.5, 0.6) is 0 Å². The van der Waals surface area contributed by atoms with E-state index in [4.69, 9.17) is 5.73 Å². The van der Waals surface area contributed by atoms with Crippen LogP contribution in [-0.2, 0) is 0 Å². The zero-order valence-corrected chi connectivity index (χ0v) is 11.9. The second-order valence-electron chi connectivity index (χ2n) is 4.31. The quantitative estimate of drug-likeness (QED) is 0.865. The minimum atomic E-state index is -0.151. The van der Waals surface area contributed by atoms with Gasteiger partial charge >= 0.3 is 0 Å². The van der Waals surface area contributed by atoms with Crippen LogP contribution in [0.1, 0.15) is 60.2 Å². The molecule has 0 saturated heterocycles. The lowest BCUT2D eigenvalue weighted by Gasteiger charge is -2.13. The Morgan fingerprint density at radius 3 is 2.61 bits per heavy atom. The molecule has 106 valence electrons. The third kappa shape index (κ3) is 6.23. The molecule has 4 heteroatoms. The van der Waals surface area contributed by atoms with Gasteiger partial charge in [-0.3, -0.25) is 4.79 Å². The Balaban J connectivity index is -0.000000530. The molecule has 0 aliphatic heterocycles. The number of amides is 1. The van der Waals surface area contributed by atoms with Crippen molar-refractivity contribution in [2.75, 3.05) is 5.73 Å². The van der Waals surface area contributed by atoms with Gasteiger partial charge in [0.2, 0.25) is 0 Å². The van der Waals surface area contributed by atoms with Gasteiger partial charge in [-0.1, -0.05) is 33.6 Å². The molecule has 1 rings (SSSR count). The van der Waals surface area contributed by atoms with Gasteiger partial charge in [0.15, 0.2) is 0 Å². The molecule has 1 aromatic heterocycles. The average molecular weight is 255 g/mol. The molecule has 0 fully saturated rings. The van der Waals surface area contributed by atoms with Gasteiger partial charge in [0, 0.05) is 15.1 Å². The number of rotatable bonds is 4. The van der Waals surface area contributed by atoms with Gasteiger partial charge in [0.05, 0.1) is 5.56 Å². The number of nitrogens with one attached hydrogen (secondary N) is 1. The molecule has 0 aliphatic rings. The highest BCUT2D eigenvalue weighted by molar-refractivity contribution is 5.98. The first-order valence-corrected chi connectivity index (χ1v) is 6.58. The van der Waals surface area contributed by atoms with E-state index in [1.54, 1.807) is 18.3 Å². The molecule has 1 aromatic rings. The van der Waals surface area contributed by atoms with Crippen molar-refractivity contribution >= 4 is 11.7 Å². The molecule has 1 unspecified atom stereocenters. The first-order valence-electron chi connectivity index (χ1n) is 6.58. The van der Waals surface area contributed by atoms with Crippen LogP contribution in [-0.4, -0.2) is 16.9 Å². The zero-order valence-electron chi connectivity index (χ0n) is 11.9. The Hall–Kier alpha value is -1.58. The van der Waals surface area contributed by atoms with Crippen LogP contribution in [0.3, 0.4) is 0 Å². The molecule has 0 saturated carbocycles. The molecule has 1 amide bonds. The lowest BCUT2D eigenvalue weighted by Crippen LogP contribution is -2.32. The second-order valence-corrected chi connectivity index (χ2v) is 4.31. The monoisotopic (exact) mass is 255 g/mol. The highest BCUT2D eigenvalue weighted by atomic mass is 16.1. The Morgan fingerprint density at radius 2 is 2.11 bits per heavy atom. The smallest absolute Gasteiger partial charge is 0.255 e. The Labute approximate surface area is 113 Å². The van der Waals surface area contributed by atoms with Crippen molar-refractivity contribution in [3.63, 3.8) is 0 Å². The lowest BCUT2D eigenvalue weighted by molar-refractivity contribution is 0.0939. The highest BCUT2D eigenvalue weighted by Crippen LogP contribution is 2.07. The molecule has 3 N–H and O–H groups in total. The summed E-state index contributed by atoms with van der Waals surface area (Å²) in [5.74, 6) is 0.125. The first-order chi connectivity index (χ1) is 8.56. The molecule has 0 radical (unpaired) electrons. The largest absolute Gasteiger partial charge is 0.383 e. The summed E-state index contributed by atoms with van der Waals surface area (Å²) in [7, 11) is 0. The van der Waals surface area contributed by atoms with Gasteiger partial charge in [0.25, 0.3) is 5.91 Å². The SMILES string of the molecule is CCC.CCCC(C)NC(=O)c1cccnc1N.[HH].[HH]. The van der Waals surface area contributed by atoms with E-state index in [-0.39, 0.29) is 20.6 Å². The molecular formula is C14H29N3O. The predicted octanol–water partition coefficient (Wildman–Crippen LogP) is 3.49. The number of pyridine rings is 1. The van der Waals surface area contributed by atoms with E-state index in [1.807, 2.05) is 6.92 Å². The summed E-state index contributed by atoms with van der Waals surface area (Å²) in [6.45, 7) is 8.31. The highest BCUT2D eigenvalue weighted by Gasteiger charge is 2.11. The van der Waals surface area contributed by atoms with Crippen LogP contribution in [0.25, 0.3) is 0 Å². The number of anilines is 1. The van der Waals surface area contributed by atoms with E-state index < -0.39 is 0 Å². The van der Waals surface area contributed by atoms with Gasteiger partial charge in [-0.15, -0.1) is 0 Å². The third-order valence-corrected chi connectivity index (χ3v) is 2.18. The number of hydrogen-bond acceptors (Lipinski definition) is 3. The number of hydrogen-bond donors (Lipinski definition) is 2. The van der Waals surface area contributed by atoms with E-state index in [0.29, 0.717) is 5.56 Å². The zero-order chi connectivity index (χ0) is 14.0. The Bertz CT molecular complexity index is 362. The second kappa shape index (κ2) is 9.45. The van der Waals surface area contributed by atoms with E-state index in [1.165, 1.54) is 6.42 Å². The number of nitrogen functional groups attached to an aromatic ring is 1. The van der Waals surface area contributed by atoms with Gasteiger partial charge < -0.3 is 11.1 Å². The van der Waals surface area contributed by atoms with Crippen LogP contribution in [0.15, 0.2) is 18.3 Å². The Kier molecular flexibility index (Phi) is 8.62. The van der Waals surface area contributed by atoms with E-state index in [0.717, 1.165) is 12.8 Å². The maximum atomic E-state index is 11.7. The normalized spacial score (nSPS) is 11.1. The number of carbonyl (C=O) groups is 1. The third-order valence-electron chi connectivity index (χ3n) is 2.18. The first kappa shape index (κ1) is 16.4. The summed E-state index contributed by atoms with van der Waals surface area (Å²) in [4.78, 5) is 15.6. The predicted molar refractivity (Wildman–Crippen MR) is 80.7 cm³/mol. The Morgan fingerprint density at radius 1 is 1.50 bits per heavy atom. The summed E-state index contributed by atoms with van der Waals surface area (Å²) in [5.41, 5.74) is 6.04. The molecule has 0 spiro atoms. The van der Waals surface area contributed by atoms with Crippen molar-refractivity contribution in [2.24, 2.45) is 0 Å². The average Bonchev–Trinajstić information content (AvgIpc) is 2.30. The fourth-order valence-corrected chi connectivity index (χ4v) is 1.42. The molecule has 4 nitrogen and oxygen atoms in total. The fraction of sp³-hybridized carbons (Fsp3) is 0.571. The van der Waals surface area contributed by atoms with Crippen LogP contribution in [0.2, 0.25) is 0 Å². The number of carbonyl (C=O) groups excluding carboxylic acids is 1. The molecule has 0 aliphatic carbocycles. The maximum absolute atomic E-state index is 11.7. The summed E-state index contributed by atoms with van der Waals surface area (Å²) in [6.07, 6.45) is 4.83. The van der Waals surface area contributed by atoms with Gasteiger partial charge in [0.1, 0.15) is 5.82 Å². The topological polar surface area (TPSA) is 68.0 Å². The number of aromatic nitrogens is 1. The van der Waals surface area contributed by atoms with E-state index in [9.17, 15) is 4.79 Å². The molecule has 0 aromatic carbocycles. The lowest BCUT2D eigenvalue weighted by atomic mass is 10.1. The number of nitrogens with two attached hydrogens (primary N) is 1. The van der Waals surface area contributed by atoms with Crippen LogP contribution >= 0.6 is 0 Å². The van der Waals surface area contributed by atoms with E-state index in [2.05, 4.69) is 31.1 Å². The van der Waals surface area contributed by atoms with Crippen molar-refractivity contribution in [3.05, 3.63) is 23.9 Å². The summed E-state index contributed by atoms with van der Waals surface area (Å²) < 4.78 is 0. The van der Waals surface area contributed by atoms with Crippen molar-refractivity contribution < 1.29 is 7.65 Å². The van der Waals surface area contributed by atoms with Gasteiger partial charge in [-0.25, -0.2) is 4.98 Å². The van der Waals surface area contributed by atoms with Crippen molar-refractivity contribution in [3.8, 4) is 0 Å². The van der Waals surface area contributed by atoms with Crippen LogP contribution < -0.4 is 11.1 Å². The summed E-state index contributed by atoms with van der Waals surface area (Å²) in [5, 5.41) is 2.88. The summed E-state index contributed by atoms with van der Waals surface area (Å²) >= 11 is 0. The molecule has 1 atom stereocenters. The van der Waals surface area contributed by atoms with Crippen LogP contribution in [0.4, 0.5) is 5.82 Å². The minimum absolute atomic E-state index is 0.